The van der Waals surface area contributed by atoms with Gasteiger partial charge in [-0.2, -0.15) is 0 Å². The van der Waals surface area contributed by atoms with Gasteiger partial charge in [0, 0.05) is 24.6 Å². The summed E-state index contributed by atoms with van der Waals surface area (Å²) in [5.74, 6) is -2.07. The molecule has 0 saturated heterocycles. The normalized spacial score (nSPS) is 13.8. The zero-order chi connectivity index (χ0) is 24.0. The molecule has 1 unspecified atom stereocenters. The van der Waals surface area contributed by atoms with E-state index in [0.717, 1.165) is 22.3 Å². The average molecular weight is 451 g/mol. The third-order valence-electron chi connectivity index (χ3n) is 5.96. The van der Waals surface area contributed by atoms with Gasteiger partial charge in [-0.05, 0) is 35.1 Å². The van der Waals surface area contributed by atoms with Gasteiger partial charge in [-0.25, -0.2) is 4.79 Å². The molecular weight excluding hydrogens is 420 g/mol. The minimum atomic E-state index is -0.941. The molecule has 1 aliphatic rings. The fourth-order valence-electron chi connectivity index (χ4n) is 3.98. The van der Waals surface area contributed by atoms with Crippen LogP contribution in [0.15, 0.2) is 60.2 Å². The summed E-state index contributed by atoms with van der Waals surface area (Å²) >= 11 is 0. The molecule has 3 rings (SSSR count). The van der Waals surface area contributed by atoms with Crippen LogP contribution in [0.25, 0.3) is 11.1 Å². The van der Waals surface area contributed by atoms with Crippen LogP contribution in [-0.2, 0) is 14.3 Å². The summed E-state index contributed by atoms with van der Waals surface area (Å²) in [7, 11) is 0. The smallest absolute Gasteiger partial charge is 0.407 e. The zero-order valence-electron chi connectivity index (χ0n) is 19.1. The number of benzene rings is 2. The van der Waals surface area contributed by atoms with E-state index >= 15 is 0 Å². The second kappa shape index (κ2) is 10.8. The molecule has 2 amide bonds. The maximum atomic E-state index is 12.2. The van der Waals surface area contributed by atoms with E-state index < -0.39 is 18.0 Å². The third-order valence-corrected chi connectivity index (χ3v) is 5.96. The highest BCUT2D eigenvalue weighted by Gasteiger charge is 2.29. The molecule has 0 saturated carbocycles. The standard InChI is InChI=1S/C26H30N2O5/c1-16(2)22(25(30)31)14-28-24(29)17(3)12-13-27-26(32)33-15-23-20-10-6-4-8-18(20)19-9-5-7-11-21(19)23/h4-12,16,22-23H,13-15H2,1-3H3,(H,27,32)(H,28,29)(H,30,31)/b17-12+. The van der Waals surface area contributed by atoms with Crippen LogP contribution in [0.1, 0.15) is 37.8 Å². The maximum absolute atomic E-state index is 12.2. The lowest BCUT2D eigenvalue weighted by Crippen LogP contribution is -2.36. The van der Waals surface area contributed by atoms with Gasteiger partial charge in [-0.3, -0.25) is 9.59 Å². The molecule has 0 heterocycles. The first kappa shape index (κ1) is 24.0. The predicted octanol–water partition coefficient (Wildman–Crippen LogP) is 3.94. The van der Waals surface area contributed by atoms with Gasteiger partial charge in [-0.1, -0.05) is 68.5 Å². The van der Waals surface area contributed by atoms with Crippen LogP contribution in [0.5, 0.6) is 0 Å². The van der Waals surface area contributed by atoms with Crippen molar-refractivity contribution >= 4 is 18.0 Å². The van der Waals surface area contributed by atoms with E-state index in [4.69, 9.17) is 4.74 Å². The molecular formula is C26H30N2O5. The number of aliphatic carboxylic acids is 1. The van der Waals surface area contributed by atoms with Crippen LogP contribution in [-0.4, -0.2) is 42.8 Å². The molecule has 0 fully saturated rings. The molecule has 0 bridgehead atoms. The number of alkyl carbamates (subject to hydrolysis) is 1. The number of carbonyl (C=O) groups excluding carboxylic acids is 2. The quantitative estimate of drug-likeness (QED) is 0.502. The first-order valence-electron chi connectivity index (χ1n) is 11.1. The van der Waals surface area contributed by atoms with Crippen molar-refractivity contribution in [2.24, 2.45) is 11.8 Å². The van der Waals surface area contributed by atoms with Gasteiger partial charge in [0.15, 0.2) is 0 Å². The van der Waals surface area contributed by atoms with Crippen LogP contribution >= 0.6 is 0 Å². The number of ether oxygens (including phenoxy) is 1. The van der Waals surface area contributed by atoms with Gasteiger partial charge in [0.25, 0.3) is 0 Å². The topological polar surface area (TPSA) is 105 Å². The highest BCUT2D eigenvalue weighted by molar-refractivity contribution is 5.93. The van der Waals surface area contributed by atoms with E-state index in [0.29, 0.717) is 5.57 Å². The largest absolute Gasteiger partial charge is 0.481 e. The molecule has 1 aliphatic carbocycles. The van der Waals surface area contributed by atoms with E-state index in [2.05, 4.69) is 34.9 Å². The van der Waals surface area contributed by atoms with Crippen molar-refractivity contribution in [1.29, 1.82) is 0 Å². The molecule has 174 valence electrons. The second-order valence-corrected chi connectivity index (χ2v) is 8.49. The lowest BCUT2D eigenvalue weighted by atomic mass is 9.96. The summed E-state index contributed by atoms with van der Waals surface area (Å²) in [4.78, 5) is 35.6. The molecule has 33 heavy (non-hydrogen) atoms. The van der Waals surface area contributed by atoms with E-state index in [1.807, 2.05) is 24.3 Å². The average Bonchev–Trinajstić information content (AvgIpc) is 3.11. The molecule has 0 aromatic heterocycles. The fourth-order valence-corrected chi connectivity index (χ4v) is 3.98. The van der Waals surface area contributed by atoms with Gasteiger partial charge in [0.2, 0.25) is 5.91 Å². The Morgan fingerprint density at radius 1 is 1.00 bits per heavy atom. The van der Waals surface area contributed by atoms with Gasteiger partial charge in [0.1, 0.15) is 6.61 Å². The number of hydrogen-bond acceptors (Lipinski definition) is 4. The Kier molecular flexibility index (Phi) is 7.87. The molecule has 7 heteroatoms. The van der Waals surface area contributed by atoms with Crippen molar-refractivity contribution in [3.63, 3.8) is 0 Å². The predicted molar refractivity (Wildman–Crippen MR) is 126 cm³/mol. The summed E-state index contributed by atoms with van der Waals surface area (Å²) in [6, 6.07) is 16.2. The molecule has 0 aliphatic heterocycles. The van der Waals surface area contributed by atoms with Crippen LogP contribution in [0, 0.1) is 11.8 Å². The van der Waals surface area contributed by atoms with Crippen LogP contribution in [0.2, 0.25) is 0 Å². The summed E-state index contributed by atoms with van der Waals surface area (Å²) in [6.45, 7) is 5.60. The van der Waals surface area contributed by atoms with Crippen molar-refractivity contribution in [3.8, 4) is 11.1 Å². The molecule has 0 spiro atoms. The number of nitrogens with one attached hydrogen (secondary N) is 2. The monoisotopic (exact) mass is 450 g/mol. The Hall–Kier alpha value is -3.61. The summed E-state index contributed by atoms with van der Waals surface area (Å²) in [5, 5.41) is 14.5. The Morgan fingerprint density at radius 2 is 1.58 bits per heavy atom. The number of carboxylic acids is 1. The maximum Gasteiger partial charge on any atom is 0.407 e. The first-order chi connectivity index (χ1) is 15.8. The van der Waals surface area contributed by atoms with E-state index in [9.17, 15) is 19.5 Å². The minimum Gasteiger partial charge on any atom is -0.481 e. The fraction of sp³-hybridized carbons (Fsp3) is 0.346. The van der Waals surface area contributed by atoms with Crippen molar-refractivity contribution in [1.82, 2.24) is 10.6 Å². The van der Waals surface area contributed by atoms with E-state index in [-0.39, 0.29) is 37.4 Å². The summed E-state index contributed by atoms with van der Waals surface area (Å²) in [6.07, 6.45) is 1.01. The molecule has 0 radical (unpaired) electrons. The third kappa shape index (κ3) is 5.80. The molecule has 2 aromatic carbocycles. The second-order valence-electron chi connectivity index (χ2n) is 8.49. The van der Waals surface area contributed by atoms with Crippen LogP contribution < -0.4 is 10.6 Å². The zero-order valence-corrected chi connectivity index (χ0v) is 19.1. The van der Waals surface area contributed by atoms with E-state index in [1.165, 1.54) is 0 Å². The number of carboxylic acid groups (broad SMARTS) is 1. The van der Waals surface area contributed by atoms with Crippen LogP contribution in [0.3, 0.4) is 0 Å². The summed E-state index contributed by atoms with van der Waals surface area (Å²) < 4.78 is 5.47. The number of rotatable bonds is 9. The van der Waals surface area contributed by atoms with Gasteiger partial charge < -0.3 is 20.5 Å². The molecule has 7 nitrogen and oxygen atoms in total. The number of hydrogen-bond donors (Lipinski definition) is 3. The van der Waals surface area contributed by atoms with Crippen molar-refractivity contribution < 1.29 is 24.2 Å². The highest BCUT2D eigenvalue weighted by Crippen LogP contribution is 2.44. The Morgan fingerprint density at radius 3 is 2.12 bits per heavy atom. The number of fused-ring (bicyclic) bond motifs is 3. The molecule has 2 aromatic rings. The number of carbonyl (C=O) groups is 3. The Labute approximate surface area is 193 Å². The Balaban J connectivity index is 1.48. The SMILES string of the molecule is C/C(=C\CNC(=O)OCC1c2ccccc2-c2ccccc21)C(=O)NCC(C(=O)O)C(C)C. The number of amides is 2. The van der Waals surface area contributed by atoms with Crippen molar-refractivity contribution in [2.75, 3.05) is 19.7 Å². The van der Waals surface area contributed by atoms with Crippen LogP contribution in [0.4, 0.5) is 4.79 Å². The van der Waals surface area contributed by atoms with Gasteiger partial charge in [-0.15, -0.1) is 0 Å². The summed E-state index contributed by atoms with van der Waals surface area (Å²) in [5.41, 5.74) is 4.99. The first-order valence-corrected chi connectivity index (χ1v) is 11.1. The molecule has 3 N–H and O–H groups in total. The lowest BCUT2D eigenvalue weighted by molar-refractivity contribution is -0.143. The molecule has 1 atom stereocenters. The lowest BCUT2D eigenvalue weighted by Gasteiger charge is -2.17. The highest BCUT2D eigenvalue weighted by atomic mass is 16.5. The van der Waals surface area contributed by atoms with Gasteiger partial charge >= 0.3 is 12.1 Å². The van der Waals surface area contributed by atoms with Gasteiger partial charge in [0.05, 0.1) is 5.92 Å². The van der Waals surface area contributed by atoms with E-state index in [1.54, 1.807) is 26.8 Å². The minimum absolute atomic E-state index is 0.0191. The van der Waals surface area contributed by atoms with Crippen molar-refractivity contribution in [3.05, 3.63) is 71.3 Å². The Bertz CT molecular complexity index is 1010. The van der Waals surface area contributed by atoms with Crippen molar-refractivity contribution in [2.45, 2.75) is 26.7 Å².